The number of rotatable bonds is 20. The molecule has 16 N–H and O–H groups in total. The molecule has 0 aliphatic rings. The van der Waals surface area contributed by atoms with Gasteiger partial charge in [-0.1, -0.05) is 0 Å². The van der Waals surface area contributed by atoms with Crippen molar-refractivity contribution < 1.29 is 24.3 Å². The first-order valence-corrected chi connectivity index (χ1v) is 12.9. The van der Waals surface area contributed by atoms with Crippen molar-refractivity contribution in [2.75, 3.05) is 25.4 Å². The number of nitrogens with zero attached hydrogens (tertiary/aromatic N) is 2. The standard InChI is InChI=1S/C21H43N11O5S/c22-8-2-1-6-13(30-16(33)12(23)5-3-9-28-20(24)25)17(34)32-15(11-38)18(35)31-14(19(36)37)7-4-10-29-21(26)27/h12-15,38H,1-11,22-23H2,(H,30,33)(H,31,35)(H,32,34)(H,36,37)(H4,24,25,28)(H4,26,27,29)/t12-,13-,14-,15-/m0/s1. The van der Waals surface area contributed by atoms with Gasteiger partial charge in [0.25, 0.3) is 0 Å². The van der Waals surface area contributed by atoms with E-state index in [1.807, 2.05) is 0 Å². The SMILES string of the molecule is NCCCC[C@H](NC(=O)[C@@H](N)CCCN=C(N)N)C(=O)N[C@@H](CS)C(=O)N[C@@H](CCCN=C(N)N)C(=O)O. The molecular weight excluding hydrogens is 518 g/mol. The van der Waals surface area contributed by atoms with Gasteiger partial charge in [-0.15, -0.1) is 0 Å². The van der Waals surface area contributed by atoms with Crippen LogP contribution in [-0.4, -0.2) is 90.3 Å². The summed E-state index contributed by atoms with van der Waals surface area (Å²) in [7, 11) is 0. The van der Waals surface area contributed by atoms with E-state index in [9.17, 15) is 24.3 Å². The highest BCUT2D eigenvalue weighted by Crippen LogP contribution is 2.05. The van der Waals surface area contributed by atoms with Crippen LogP contribution in [0.2, 0.25) is 0 Å². The number of carboxylic acids is 1. The van der Waals surface area contributed by atoms with Gasteiger partial charge in [0.15, 0.2) is 11.9 Å². The molecule has 0 aromatic carbocycles. The first-order chi connectivity index (χ1) is 17.9. The number of nitrogens with one attached hydrogen (secondary N) is 3. The van der Waals surface area contributed by atoms with E-state index in [-0.39, 0.29) is 43.5 Å². The first kappa shape index (κ1) is 34.7. The third-order valence-corrected chi connectivity index (χ3v) is 5.62. The van der Waals surface area contributed by atoms with E-state index in [1.54, 1.807) is 0 Å². The Morgan fingerprint density at radius 3 is 1.68 bits per heavy atom. The van der Waals surface area contributed by atoms with Crippen molar-refractivity contribution >= 4 is 48.2 Å². The Labute approximate surface area is 227 Å². The summed E-state index contributed by atoms with van der Waals surface area (Å²) in [5, 5.41) is 17.0. The summed E-state index contributed by atoms with van der Waals surface area (Å²) in [6.45, 7) is 0.886. The van der Waals surface area contributed by atoms with Crippen LogP contribution >= 0.6 is 12.6 Å². The van der Waals surface area contributed by atoms with E-state index >= 15 is 0 Å². The lowest BCUT2D eigenvalue weighted by molar-refractivity contribution is -0.142. The number of carbonyl (C=O) groups is 4. The van der Waals surface area contributed by atoms with Gasteiger partial charge in [-0.2, -0.15) is 12.6 Å². The summed E-state index contributed by atoms with van der Waals surface area (Å²) < 4.78 is 0. The van der Waals surface area contributed by atoms with Crippen LogP contribution in [0.25, 0.3) is 0 Å². The van der Waals surface area contributed by atoms with Gasteiger partial charge in [-0.3, -0.25) is 24.4 Å². The lowest BCUT2D eigenvalue weighted by atomic mass is 10.1. The number of nitrogens with two attached hydrogens (primary N) is 6. The molecule has 0 saturated carbocycles. The van der Waals surface area contributed by atoms with Gasteiger partial charge in [0.1, 0.15) is 18.1 Å². The molecule has 16 nitrogen and oxygen atoms in total. The summed E-state index contributed by atoms with van der Waals surface area (Å²) in [5.41, 5.74) is 32.5. The second-order valence-corrected chi connectivity index (χ2v) is 8.86. The van der Waals surface area contributed by atoms with Crippen LogP contribution in [0, 0.1) is 0 Å². The molecule has 0 aliphatic heterocycles. The highest BCUT2D eigenvalue weighted by Gasteiger charge is 2.29. The summed E-state index contributed by atoms with van der Waals surface area (Å²) in [6, 6.07) is -4.29. The second-order valence-electron chi connectivity index (χ2n) is 8.49. The number of thiol groups is 1. The zero-order valence-electron chi connectivity index (χ0n) is 21.5. The van der Waals surface area contributed by atoms with Crippen molar-refractivity contribution in [2.24, 2.45) is 44.4 Å². The van der Waals surface area contributed by atoms with Gasteiger partial charge < -0.3 is 55.5 Å². The van der Waals surface area contributed by atoms with Gasteiger partial charge in [0.05, 0.1) is 6.04 Å². The Morgan fingerprint density at radius 1 is 0.711 bits per heavy atom. The van der Waals surface area contributed by atoms with Gasteiger partial charge in [-0.25, -0.2) is 4.79 Å². The Bertz CT molecular complexity index is 819. The van der Waals surface area contributed by atoms with Gasteiger partial charge in [0, 0.05) is 18.8 Å². The van der Waals surface area contributed by atoms with Crippen molar-refractivity contribution in [2.45, 2.75) is 69.1 Å². The number of unbranched alkanes of at least 4 members (excludes halogenated alkanes) is 1. The number of hydrogen-bond acceptors (Lipinski definition) is 9. The first-order valence-electron chi connectivity index (χ1n) is 12.2. The minimum absolute atomic E-state index is 0.0595. The van der Waals surface area contributed by atoms with Crippen molar-refractivity contribution in [3.05, 3.63) is 0 Å². The molecule has 3 amide bonds. The van der Waals surface area contributed by atoms with Crippen LogP contribution in [0.5, 0.6) is 0 Å². The van der Waals surface area contributed by atoms with Crippen molar-refractivity contribution in [3.8, 4) is 0 Å². The van der Waals surface area contributed by atoms with Crippen molar-refractivity contribution in [1.29, 1.82) is 0 Å². The van der Waals surface area contributed by atoms with Crippen LogP contribution in [-0.2, 0) is 19.2 Å². The van der Waals surface area contributed by atoms with Crippen LogP contribution in [0.15, 0.2) is 9.98 Å². The normalized spacial score (nSPS) is 13.8. The summed E-state index contributed by atoms with van der Waals surface area (Å²) in [6.07, 6.45) is 2.48. The number of guanidine groups is 2. The van der Waals surface area contributed by atoms with Crippen LogP contribution in [0.1, 0.15) is 44.9 Å². The number of carbonyl (C=O) groups excluding carboxylic acids is 3. The lowest BCUT2D eigenvalue weighted by Gasteiger charge is -2.24. The fraction of sp³-hybridized carbons (Fsp3) is 0.714. The molecule has 218 valence electrons. The molecule has 0 aromatic rings. The van der Waals surface area contributed by atoms with Crippen molar-refractivity contribution in [3.63, 3.8) is 0 Å². The van der Waals surface area contributed by atoms with Gasteiger partial charge in [-0.05, 0) is 51.5 Å². The zero-order chi connectivity index (χ0) is 29.1. The molecule has 0 spiro atoms. The van der Waals surface area contributed by atoms with E-state index in [0.717, 1.165) is 0 Å². The fourth-order valence-electron chi connectivity index (χ4n) is 3.19. The smallest absolute Gasteiger partial charge is 0.326 e. The summed E-state index contributed by atoms with van der Waals surface area (Å²) in [4.78, 5) is 57.4. The largest absolute Gasteiger partial charge is 0.480 e. The van der Waals surface area contributed by atoms with Gasteiger partial charge in [0.2, 0.25) is 17.7 Å². The van der Waals surface area contributed by atoms with E-state index < -0.39 is 47.9 Å². The van der Waals surface area contributed by atoms with Crippen LogP contribution in [0.4, 0.5) is 0 Å². The van der Waals surface area contributed by atoms with Crippen LogP contribution < -0.4 is 50.4 Å². The lowest BCUT2D eigenvalue weighted by Crippen LogP contribution is -2.57. The average molecular weight is 562 g/mol. The molecule has 0 radical (unpaired) electrons. The Kier molecular flexibility index (Phi) is 18.0. The molecule has 0 aliphatic carbocycles. The van der Waals surface area contributed by atoms with Crippen LogP contribution in [0.3, 0.4) is 0 Å². The molecule has 0 unspecified atom stereocenters. The number of carboxylic acid groups (broad SMARTS) is 1. The third kappa shape index (κ3) is 15.7. The number of hydrogen-bond donors (Lipinski definition) is 11. The molecule has 0 rings (SSSR count). The van der Waals surface area contributed by atoms with E-state index in [2.05, 4.69) is 38.6 Å². The Morgan fingerprint density at radius 2 is 1.18 bits per heavy atom. The summed E-state index contributed by atoms with van der Waals surface area (Å²) in [5.74, 6) is -3.51. The van der Waals surface area contributed by atoms with E-state index in [4.69, 9.17) is 34.4 Å². The molecule has 0 saturated heterocycles. The van der Waals surface area contributed by atoms with Gasteiger partial charge >= 0.3 is 5.97 Å². The second kappa shape index (κ2) is 19.8. The molecule has 0 fully saturated rings. The third-order valence-electron chi connectivity index (χ3n) is 5.26. The summed E-state index contributed by atoms with van der Waals surface area (Å²) >= 11 is 4.11. The molecule has 0 aromatic heterocycles. The number of aliphatic carboxylic acids is 1. The highest BCUT2D eigenvalue weighted by atomic mass is 32.1. The molecule has 4 atom stereocenters. The maximum absolute atomic E-state index is 13.0. The molecule has 38 heavy (non-hydrogen) atoms. The topological polar surface area (TPSA) is 305 Å². The minimum atomic E-state index is -1.26. The molecule has 0 bridgehead atoms. The maximum Gasteiger partial charge on any atom is 0.326 e. The van der Waals surface area contributed by atoms with Crippen molar-refractivity contribution in [1.82, 2.24) is 16.0 Å². The number of aliphatic imine (C=N–C) groups is 2. The molecule has 0 heterocycles. The maximum atomic E-state index is 13.0. The molecular formula is C21H43N11O5S. The fourth-order valence-corrected chi connectivity index (χ4v) is 3.45. The predicted octanol–water partition coefficient (Wildman–Crippen LogP) is -3.98. The predicted molar refractivity (Wildman–Crippen MR) is 148 cm³/mol. The highest BCUT2D eigenvalue weighted by molar-refractivity contribution is 7.80. The zero-order valence-corrected chi connectivity index (χ0v) is 22.4. The monoisotopic (exact) mass is 561 g/mol. The quantitative estimate of drug-likeness (QED) is 0.0294. The Balaban J connectivity index is 5.18. The Hall–Kier alpha value is -3.31. The van der Waals surface area contributed by atoms with E-state index in [1.165, 1.54) is 0 Å². The number of amides is 3. The van der Waals surface area contributed by atoms with E-state index in [0.29, 0.717) is 38.8 Å². The average Bonchev–Trinajstić information content (AvgIpc) is 2.85. The molecule has 17 heteroatoms. The minimum Gasteiger partial charge on any atom is -0.480 e.